The van der Waals surface area contributed by atoms with E-state index < -0.39 is 5.92 Å². The number of carbonyl (C=O) groups is 2. The molecule has 1 aromatic heterocycles. The van der Waals surface area contributed by atoms with Gasteiger partial charge in [-0.05, 0) is 71.7 Å². The van der Waals surface area contributed by atoms with Gasteiger partial charge in [-0.15, -0.1) is 0 Å². The second kappa shape index (κ2) is 10.6. The Labute approximate surface area is 262 Å². The van der Waals surface area contributed by atoms with E-state index in [4.69, 9.17) is 4.42 Å². The summed E-state index contributed by atoms with van der Waals surface area (Å²) in [5, 5.41) is 0. The SMILES string of the molecule is CC1(C)CC(=O)C2=C(C1)N(c1ccccc1)C1=C(C(=O)CC(c3ccccc3)C1)C2c1ccc(-c2nc3ccccc3o2)cc1. The number of ketones is 2. The van der Waals surface area contributed by atoms with Gasteiger partial charge in [-0.1, -0.05) is 86.6 Å². The minimum Gasteiger partial charge on any atom is -0.436 e. The van der Waals surface area contributed by atoms with Crippen molar-refractivity contribution >= 4 is 28.4 Å². The standard InChI is InChI=1S/C40H34N2O3/c1-40(2)23-32-38(34(44)24-40)36(26-17-19-27(20-18-26)39-41-30-15-9-10-16-35(30)45-39)37-31(42(32)29-13-7-4-8-14-29)21-28(22-33(37)43)25-11-5-3-6-12-25/h3-20,28,36H,21-24H2,1-2H3. The van der Waals surface area contributed by atoms with Crippen molar-refractivity contribution in [3.05, 3.63) is 143 Å². The molecule has 3 aliphatic rings. The van der Waals surface area contributed by atoms with Crippen LogP contribution < -0.4 is 4.90 Å². The minimum atomic E-state index is -0.416. The lowest BCUT2D eigenvalue weighted by Gasteiger charge is -2.47. The first-order valence-electron chi connectivity index (χ1n) is 15.7. The number of hydrogen-bond acceptors (Lipinski definition) is 5. The van der Waals surface area contributed by atoms with E-state index in [0.717, 1.165) is 63.3 Å². The van der Waals surface area contributed by atoms with Crippen LogP contribution >= 0.6 is 0 Å². The zero-order valence-corrected chi connectivity index (χ0v) is 25.5. The van der Waals surface area contributed by atoms with E-state index in [9.17, 15) is 9.59 Å². The molecule has 2 unspecified atom stereocenters. The van der Waals surface area contributed by atoms with Crippen LogP contribution in [0.5, 0.6) is 0 Å². The van der Waals surface area contributed by atoms with Crippen molar-refractivity contribution in [2.24, 2.45) is 5.41 Å². The summed E-state index contributed by atoms with van der Waals surface area (Å²) in [7, 11) is 0. The Hall–Kier alpha value is -5.03. The van der Waals surface area contributed by atoms with Gasteiger partial charge in [-0.3, -0.25) is 9.59 Å². The lowest BCUT2D eigenvalue weighted by molar-refractivity contribution is -0.118. The first-order valence-corrected chi connectivity index (χ1v) is 15.7. The molecule has 5 heteroatoms. The van der Waals surface area contributed by atoms with Crippen molar-refractivity contribution in [2.75, 3.05) is 4.90 Å². The molecular weight excluding hydrogens is 556 g/mol. The summed E-state index contributed by atoms with van der Waals surface area (Å²) in [6.07, 6.45) is 2.35. The van der Waals surface area contributed by atoms with Gasteiger partial charge in [0.05, 0.1) is 0 Å². The lowest BCUT2D eigenvalue weighted by atomic mass is 9.65. The number of nitrogens with zero attached hydrogens (tertiary/aromatic N) is 2. The van der Waals surface area contributed by atoms with Gasteiger partial charge in [-0.25, -0.2) is 4.98 Å². The number of fused-ring (bicyclic) bond motifs is 1. The van der Waals surface area contributed by atoms with Gasteiger partial charge in [-0.2, -0.15) is 0 Å². The fourth-order valence-electron chi connectivity index (χ4n) is 7.58. The molecule has 0 saturated carbocycles. The Morgan fingerprint density at radius 3 is 2.09 bits per heavy atom. The van der Waals surface area contributed by atoms with Crippen LogP contribution in [0.3, 0.4) is 0 Å². The average molecular weight is 591 g/mol. The smallest absolute Gasteiger partial charge is 0.227 e. The Balaban J connectivity index is 1.30. The van der Waals surface area contributed by atoms with Gasteiger partial charge < -0.3 is 9.32 Å². The van der Waals surface area contributed by atoms with Gasteiger partial charge in [0.25, 0.3) is 0 Å². The van der Waals surface area contributed by atoms with Crippen molar-refractivity contribution in [3.63, 3.8) is 0 Å². The second-order valence-corrected chi connectivity index (χ2v) is 13.3. The summed E-state index contributed by atoms with van der Waals surface area (Å²) < 4.78 is 6.04. The third-order valence-electron chi connectivity index (χ3n) is 9.57. The Kier molecular flexibility index (Phi) is 6.45. The van der Waals surface area contributed by atoms with Gasteiger partial charge >= 0.3 is 0 Å². The van der Waals surface area contributed by atoms with Gasteiger partial charge in [0, 0.05) is 52.6 Å². The minimum absolute atomic E-state index is 0.0697. The fourth-order valence-corrected chi connectivity index (χ4v) is 7.58. The van der Waals surface area contributed by atoms with E-state index in [1.807, 2.05) is 84.9 Å². The van der Waals surface area contributed by atoms with Crippen LogP contribution in [-0.2, 0) is 9.59 Å². The number of hydrogen-bond donors (Lipinski definition) is 0. The molecule has 45 heavy (non-hydrogen) atoms. The summed E-state index contributed by atoms with van der Waals surface area (Å²) in [4.78, 5) is 35.6. The molecular formula is C40H34N2O3. The normalized spacial score (nSPS) is 21.2. The summed E-state index contributed by atoms with van der Waals surface area (Å²) in [6.45, 7) is 4.34. The molecule has 0 bridgehead atoms. The quantitative estimate of drug-likeness (QED) is 0.209. The van der Waals surface area contributed by atoms with E-state index in [1.165, 1.54) is 5.56 Å². The highest BCUT2D eigenvalue weighted by atomic mass is 16.3. The molecule has 0 radical (unpaired) electrons. The Bertz CT molecular complexity index is 1980. The van der Waals surface area contributed by atoms with Crippen LogP contribution in [0.2, 0.25) is 0 Å². The van der Waals surface area contributed by atoms with E-state index >= 15 is 0 Å². The van der Waals surface area contributed by atoms with Crippen molar-refractivity contribution in [3.8, 4) is 11.5 Å². The van der Waals surface area contributed by atoms with Crippen LogP contribution in [0.4, 0.5) is 5.69 Å². The molecule has 5 aromatic rings. The predicted octanol–water partition coefficient (Wildman–Crippen LogP) is 9.14. The summed E-state index contributed by atoms with van der Waals surface area (Å²) in [5.74, 6) is 0.445. The number of aromatic nitrogens is 1. The number of oxazole rings is 1. The maximum atomic E-state index is 14.4. The monoisotopic (exact) mass is 590 g/mol. The number of allylic oxidation sites excluding steroid dienone is 4. The van der Waals surface area contributed by atoms with Crippen LogP contribution in [0.25, 0.3) is 22.6 Å². The van der Waals surface area contributed by atoms with Crippen molar-refractivity contribution < 1.29 is 14.0 Å². The predicted molar refractivity (Wildman–Crippen MR) is 177 cm³/mol. The maximum absolute atomic E-state index is 14.4. The fraction of sp³-hybridized carbons (Fsp3) is 0.225. The van der Waals surface area contributed by atoms with Crippen molar-refractivity contribution in [1.29, 1.82) is 0 Å². The third-order valence-corrected chi connectivity index (χ3v) is 9.57. The van der Waals surface area contributed by atoms with E-state index in [1.54, 1.807) is 0 Å². The highest BCUT2D eigenvalue weighted by Gasteiger charge is 2.48. The van der Waals surface area contributed by atoms with Gasteiger partial charge in [0.1, 0.15) is 5.52 Å². The average Bonchev–Trinajstić information content (AvgIpc) is 3.49. The molecule has 0 fully saturated rings. The van der Waals surface area contributed by atoms with E-state index in [2.05, 4.69) is 48.0 Å². The number of rotatable bonds is 4. The summed E-state index contributed by atoms with van der Waals surface area (Å²) in [6, 6.07) is 36.4. The Morgan fingerprint density at radius 1 is 0.689 bits per heavy atom. The number of anilines is 1. The van der Waals surface area contributed by atoms with E-state index in [-0.39, 0.29) is 22.9 Å². The van der Waals surface area contributed by atoms with Crippen LogP contribution in [-0.4, -0.2) is 16.6 Å². The molecule has 222 valence electrons. The molecule has 2 aliphatic carbocycles. The lowest BCUT2D eigenvalue weighted by Crippen LogP contribution is -2.43. The highest BCUT2D eigenvalue weighted by Crippen LogP contribution is 2.55. The van der Waals surface area contributed by atoms with Crippen molar-refractivity contribution in [1.82, 2.24) is 4.98 Å². The molecule has 0 amide bonds. The number of Topliss-reactive ketones (excluding diaryl/α,β-unsaturated/α-hetero) is 2. The first-order chi connectivity index (χ1) is 21.9. The number of para-hydroxylation sites is 3. The van der Waals surface area contributed by atoms with Gasteiger partial charge in [0.2, 0.25) is 5.89 Å². The Morgan fingerprint density at radius 2 is 1.36 bits per heavy atom. The van der Waals surface area contributed by atoms with Gasteiger partial charge in [0.15, 0.2) is 17.1 Å². The third kappa shape index (κ3) is 4.74. The molecule has 0 spiro atoms. The number of benzene rings is 4. The number of carbonyl (C=O) groups excluding carboxylic acids is 2. The molecule has 8 rings (SSSR count). The van der Waals surface area contributed by atoms with E-state index in [0.29, 0.717) is 18.7 Å². The topological polar surface area (TPSA) is 63.4 Å². The second-order valence-electron chi connectivity index (χ2n) is 13.3. The zero-order chi connectivity index (χ0) is 30.7. The highest BCUT2D eigenvalue weighted by molar-refractivity contribution is 6.08. The van der Waals surface area contributed by atoms with Crippen LogP contribution in [0.15, 0.2) is 136 Å². The molecule has 0 N–H and O–H groups in total. The molecule has 1 aliphatic heterocycles. The molecule has 5 nitrogen and oxygen atoms in total. The van der Waals surface area contributed by atoms with Crippen LogP contribution in [0, 0.1) is 5.41 Å². The van der Waals surface area contributed by atoms with Crippen LogP contribution in [0.1, 0.15) is 62.5 Å². The van der Waals surface area contributed by atoms with Crippen molar-refractivity contribution in [2.45, 2.75) is 51.4 Å². The molecule has 2 heterocycles. The molecule has 4 aromatic carbocycles. The molecule has 2 atom stereocenters. The first kappa shape index (κ1) is 27.5. The zero-order valence-electron chi connectivity index (χ0n) is 25.5. The summed E-state index contributed by atoms with van der Waals surface area (Å²) in [5.41, 5.74) is 8.89. The molecule has 0 saturated heterocycles. The largest absolute Gasteiger partial charge is 0.436 e. The maximum Gasteiger partial charge on any atom is 0.227 e. The summed E-state index contributed by atoms with van der Waals surface area (Å²) >= 11 is 0.